The number of hydrogen-bond acceptors (Lipinski definition) is 3. The third kappa shape index (κ3) is 3.67. The average Bonchev–Trinajstić information content (AvgIpc) is 2.30. The van der Waals surface area contributed by atoms with Crippen molar-refractivity contribution >= 4 is 0 Å². The van der Waals surface area contributed by atoms with Crippen LogP contribution in [0.1, 0.15) is 45.4 Å². The van der Waals surface area contributed by atoms with Crippen molar-refractivity contribution in [2.24, 2.45) is 11.7 Å². The summed E-state index contributed by atoms with van der Waals surface area (Å²) >= 11 is 0. The second-order valence-electron chi connectivity index (χ2n) is 6.30. The Labute approximate surface area is 106 Å². The summed E-state index contributed by atoms with van der Waals surface area (Å²) in [5.74, 6) is 0.926. The molecule has 100 valence electrons. The number of hydrogen-bond donors (Lipinski definition) is 1. The molecule has 0 amide bonds. The molecule has 1 aliphatic carbocycles. The van der Waals surface area contributed by atoms with E-state index < -0.39 is 0 Å². The van der Waals surface area contributed by atoms with Crippen molar-refractivity contribution in [2.45, 2.75) is 57.0 Å². The molecule has 17 heavy (non-hydrogen) atoms. The van der Waals surface area contributed by atoms with Gasteiger partial charge in [0.1, 0.15) is 0 Å². The number of likely N-dealkylation sites (N-methyl/N-ethyl adjacent to an activating group) is 1. The predicted molar refractivity (Wildman–Crippen MR) is 71.0 cm³/mol. The lowest BCUT2D eigenvalue weighted by atomic mass is 9.85. The van der Waals surface area contributed by atoms with E-state index in [-0.39, 0.29) is 5.54 Å². The lowest BCUT2D eigenvalue weighted by Crippen LogP contribution is -2.54. The summed E-state index contributed by atoms with van der Waals surface area (Å²) in [4.78, 5) is 2.51. The number of ether oxygens (including phenoxy) is 1. The normalized spacial score (nSPS) is 33.9. The molecule has 1 heterocycles. The van der Waals surface area contributed by atoms with Gasteiger partial charge in [-0.05, 0) is 51.5 Å². The highest BCUT2D eigenvalue weighted by Crippen LogP contribution is 2.28. The summed E-state index contributed by atoms with van der Waals surface area (Å²) in [7, 11) is 2.25. The molecule has 0 unspecified atom stereocenters. The molecule has 2 rings (SSSR count). The molecule has 0 aromatic heterocycles. The van der Waals surface area contributed by atoms with E-state index in [1.165, 1.54) is 25.7 Å². The Morgan fingerprint density at radius 2 is 1.76 bits per heavy atom. The van der Waals surface area contributed by atoms with Gasteiger partial charge in [-0.15, -0.1) is 0 Å². The quantitative estimate of drug-likeness (QED) is 0.820. The fourth-order valence-electron chi connectivity index (χ4n) is 3.25. The Hall–Kier alpha value is -0.120. The van der Waals surface area contributed by atoms with Crippen molar-refractivity contribution < 1.29 is 4.74 Å². The Bertz CT molecular complexity index is 230. The smallest absolute Gasteiger partial charge is 0.0484 e. The van der Waals surface area contributed by atoms with Crippen molar-refractivity contribution in [3.63, 3.8) is 0 Å². The maximum atomic E-state index is 6.47. The van der Waals surface area contributed by atoms with Gasteiger partial charge < -0.3 is 15.4 Å². The second kappa shape index (κ2) is 5.68. The second-order valence-corrected chi connectivity index (χ2v) is 6.30. The van der Waals surface area contributed by atoms with Crippen molar-refractivity contribution in [1.82, 2.24) is 4.90 Å². The fraction of sp³-hybridized carbons (Fsp3) is 1.00. The molecule has 0 atom stereocenters. The minimum atomic E-state index is -0.00391. The van der Waals surface area contributed by atoms with Crippen molar-refractivity contribution in [1.29, 1.82) is 0 Å². The average molecular weight is 240 g/mol. The number of rotatable bonds is 3. The van der Waals surface area contributed by atoms with Gasteiger partial charge in [-0.25, -0.2) is 0 Å². The molecule has 2 aliphatic rings. The summed E-state index contributed by atoms with van der Waals surface area (Å²) in [5, 5.41) is 0. The highest BCUT2D eigenvalue weighted by molar-refractivity contribution is 4.91. The Morgan fingerprint density at radius 1 is 1.18 bits per heavy atom. The molecule has 1 saturated carbocycles. The molecule has 2 N–H and O–H groups in total. The van der Waals surface area contributed by atoms with E-state index in [1.54, 1.807) is 0 Å². The summed E-state index contributed by atoms with van der Waals surface area (Å²) in [5.41, 5.74) is 6.47. The number of nitrogens with zero attached hydrogens (tertiary/aromatic N) is 1. The van der Waals surface area contributed by atoms with E-state index in [2.05, 4.69) is 18.9 Å². The van der Waals surface area contributed by atoms with E-state index in [0.29, 0.717) is 0 Å². The van der Waals surface area contributed by atoms with Crippen LogP contribution in [0.3, 0.4) is 0 Å². The molecule has 0 aromatic rings. The van der Waals surface area contributed by atoms with Gasteiger partial charge in [-0.2, -0.15) is 0 Å². The van der Waals surface area contributed by atoms with E-state index >= 15 is 0 Å². The molecule has 1 aliphatic heterocycles. The van der Waals surface area contributed by atoms with E-state index in [0.717, 1.165) is 44.6 Å². The molecule has 0 bridgehead atoms. The third-order valence-electron chi connectivity index (χ3n) is 4.66. The van der Waals surface area contributed by atoms with Crippen LogP contribution in [0.2, 0.25) is 0 Å². The van der Waals surface area contributed by atoms with Crippen molar-refractivity contribution in [3.05, 3.63) is 0 Å². The first-order valence-corrected chi connectivity index (χ1v) is 7.16. The molecule has 1 saturated heterocycles. The lowest BCUT2D eigenvalue weighted by molar-refractivity contribution is 0.0312. The van der Waals surface area contributed by atoms with Gasteiger partial charge in [0.05, 0.1) is 0 Å². The molecule has 0 radical (unpaired) electrons. The molecule has 2 fully saturated rings. The zero-order valence-corrected chi connectivity index (χ0v) is 11.5. The van der Waals surface area contributed by atoms with Crippen LogP contribution in [0, 0.1) is 5.92 Å². The number of nitrogens with two attached hydrogens (primary N) is 1. The minimum Gasteiger partial charge on any atom is -0.381 e. The van der Waals surface area contributed by atoms with Gasteiger partial charge in [0.15, 0.2) is 0 Å². The maximum absolute atomic E-state index is 6.47. The standard InChI is InChI=1S/C14H28N2O/c1-12-3-5-13(6-4-12)16(2)11-14(15)7-9-17-10-8-14/h12-13H,3-11,15H2,1-2H3. The van der Waals surface area contributed by atoms with Crippen LogP contribution in [0.25, 0.3) is 0 Å². The first kappa shape index (κ1) is 13.3. The molecular formula is C14H28N2O. The third-order valence-corrected chi connectivity index (χ3v) is 4.66. The van der Waals surface area contributed by atoms with E-state index in [4.69, 9.17) is 10.5 Å². The lowest BCUT2D eigenvalue weighted by Gasteiger charge is -2.41. The van der Waals surface area contributed by atoms with Crippen molar-refractivity contribution in [3.8, 4) is 0 Å². The van der Waals surface area contributed by atoms with Crippen LogP contribution >= 0.6 is 0 Å². The highest BCUT2D eigenvalue weighted by atomic mass is 16.5. The molecule has 3 heteroatoms. The first-order valence-electron chi connectivity index (χ1n) is 7.16. The monoisotopic (exact) mass is 240 g/mol. The highest BCUT2D eigenvalue weighted by Gasteiger charge is 2.32. The van der Waals surface area contributed by atoms with Crippen molar-refractivity contribution in [2.75, 3.05) is 26.8 Å². The van der Waals surface area contributed by atoms with Crippen LogP contribution in [0.4, 0.5) is 0 Å². The Morgan fingerprint density at radius 3 is 2.35 bits per heavy atom. The van der Waals surface area contributed by atoms with Crippen LogP contribution in [0.5, 0.6) is 0 Å². The molecular weight excluding hydrogens is 212 g/mol. The van der Waals surface area contributed by atoms with Gasteiger partial charge in [0.2, 0.25) is 0 Å². The van der Waals surface area contributed by atoms with Crippen LogP contribution in [-0.4, -0.2) is 43.3 Å². The summed E-state index contributed by atoms with van der Waals surface area (Å²) in [6, 6.07) is 0.759. The Balaban J connectivity index is 1.81. The zero-order valence-electron chi connectivity index (χ0n) is 11.5. The topological polar surface area (TPSA) is 38.5 Å². The largest absolute Gasteiger partial charge is 0.381 e. The predicted octanol–water partition coefficient (Wildman–Crippen LogP) is 2.00. The van der Waals surface area contributed by atoms with Gasteiger partial charge >= 0.3 is 0 Å². The van der Waals surface area contributed by atoms with Crippen LogP contribution < -0.4 is 5.73 Å². The SMILES string of the molecule is CC1CCC(N(C)CC2(N)CCOCC2)CC1. The molecule has 0 aromatic carbocycles. The summed E-state index contributed by atoms with van der Waals surface area (Å²) < 4.78 is 5.41. The first-order chi connectivity index (χ1) is 8.09. The summed E-state index contributed by atoms with van der Waals surface area (Å²) in [6.45, 7) is 5.09. The maximum Gasteiger partial charge on any atom is 0.0484 e. The van der Waals surface area contributed by atoms with Gasteiger partial charge in [-0.3, -0.25) is 0 Å². The van der Waals surface area contributed by atoms with Gasteiger partial charge in [-0.1, -0.05) is 6.92 Å². The zero-order chi connectivity index (χ0) is 12.3. The van der Waals surface area contributed by atoms with E-state index in [9.17, 15) is 0 Å². The Kier molecular flexibility index (Phi) is 4.45. The fourth-order valence-corrected chi connectivity index (χ4v) is 3.25. The molecule has 0 spiro atoms. The van der Waals surface area contributed by atoms with E-state index in [1.807, 2.05) is 0 Å². The van der Waals surface area contributed by atoms with Gasteiger partial charge in [0, 0.05) is 31.3 Å². The summed E-state index contributed by atoms with van der Waals surface area (Å²) in [6.07, 6.45) is 7.50. The van der Waals surface area contributed by atoms with Crippen LogP contribution in [-0.2, 0) is 4.74 Å². The minimum absolute atomic E-state index is 0.00391. The van der Waals surface area contributed by atoms with Gasteiger partial charge in [0.25, 0.3) is 0 Å². The van der Waals surface area contributed by atoms with Crippen LogP contribution in [0.15, 0.2) is 0 Å². The molecule has 3 nitrogen and oxygen atoms in total.